The number of aromatic hydroxyl groups is 1. The number of hydrogen-bond donors (Lipinski definition) is 2. The van der Waals surface area contributed by atoms with Gasteiger partial charge in [0.15, 0.2) is 11.5 Å². The Morgan fingerprint density at radius 3 is 2.57 bits per heavy atom. The number of ether oxygens (including phenoxy) is 1. The molecule has 1 aromatic carbocycles. The summed E-state index contributed by atoms with van der Waals surface area (Å²) in [5, 5.41) is 9.73. The molecule has 3 N–H and O–H groups in total. The van der Waals surface area contributed by atoms with Crippen LogP contribution in [0.15, 0.2) is 18.2 Å². The summed E-state index contributed by atoms with van der Waals surface area (Å²) in [5.74, 6) is 0.139. The van der Waals surface area contributed by atoms with Gasteiger partial charge in [0.25, 0.3) is 5.91 Å². The maximum Gasteiger partial charge on any atom is 0.253 e. The average molecular weight is 292 g/mol. The largest absolute Gasteiger partial charge is 0.504 e. The van der Waals surface area contributed by atoms with Gasteiger partial charge < -0.3 is 20.5 Å². The highest BCUT2D eigenvalue weighted by atomic mass is 16.5. The fourth-order valence-electron chi connectivity index (χ4n) is 2.63. The summed E-state index contributed by atoms with van der Waals surface area (Å²) in [4.78, 5) is 25.0. The third-order valence-electron chi connectivity index (χ3n) is 3.82. The molecule has 2 amide bonds. The Morgan fingerprint density at radius 2 is 2.05 bits per heavy atom. The zero-order valence-electron chi connectivity index (χ0n) is 12.0. The number of hydrogen-bond acceptors (Lipinski definition) is 4. The van der Waals surface area contributed by atoms with E-state index in [1.54, 1.807) is 17.0 Å². The lowest BCUT2D eigenvalue weighted by Gasteiger charge is -2.31. The highest BCUT2D eigenvalue weighted by Gasteiger charge is 2.25. The first-order valence-electron chi connectivity index (χ1n) is 6.96. The molecule has 6 nitrogen and oxygen atoms in total. The summed E-state index contributed by atoms with van der Waals surface area (Å²) in [6.07, 6.45) is 1.93. The number of carbonyl (C=O) groups excluding carboxylic acids is 2. The zero-order chi connectivity index (χ0) is 15.4. The van der Waals surface area contributed by atoms with Crippen LogP contribution in [0.1, 0.15) is 29.6 Å². The van der Waals surface area contributed by atoms with E-state index in [1.165, 1.54) is 13.2 Å². The minimum Gasteiger partial charge on any atom is -0.504 e. The SMILES string of the molecule is COc1ccc(C(=O)N2CCC(CC(N)=O)CC2)cc1O. The highest BCUT2D eigenvalue weighted by Crippen LogP contribution is 2.28. The molecule has 114 valence electrons. The number of piperidine rings is 1. The Morgan fingerprint density at radius 1 is 1.38 bits per heavy atom. The number of benzene rings is 1. The van der Waals surface area contributed by atoms with Crippen molar-refractivity contribution in [1.29, 1.82) is 0 Å². The van der Waals surface area contributed by atoms with Crippen LogP contribution >= 0.6 is 0 Å². The van der Waals surface area contributed by atoms with E-state index in [0.29, 0.717) is 30.8 Å². The molecule has 0 atom stereocenters. The highest BCUT2D eigenvalue weighted by molar-refractivity contribution is 5.95. The van der Waals surface area contributed by atoms with Gasteiger partial charge in [0.1, 0.15) is 0 Å². The molecule has 0 aliphatic carbocycles. The van der Waals surface area contributed by atoms with Crippen molar-refractivity contribution in [2.45, 2.75) is 19.3 Å². The van der Waals surface area contributed by atoms with Gasteiger partial charge in [-0.1, -0.05) is 0 Å². The normalized spacial score (nSPS) is 15.8. The maximum absolute atomic E-state index is 12.4. The van der Waals surface area contributed by atoms with E-state index in [9.17, 15) is 14.7 Å². The molecule has 0 unspecified atom stereocenters. The van der Waals surface area contributed by atoms with Crippen LogP contribution in [0.5, 0.6) is 11.5 Å². The van der Waals surface area contributed by atoms with Gasteiger partial charge in [-0.2, -0.15) is 0 Å². The number of nitrogens with zero attached hydrogens (tertiary/aromatic N) is 1. The molecule has 1 saturated heterocycles. The molecule has 1 aliphatic rings. The summed E-state index contributed by atoms with van der Waals surface area (Å²) < 4.78 is 4.96. The minimum absolute atomic E-state index is 0.0491. The van der Waals surface area contributed by atoms with Gasteiger partial charge in [-0.3, -0.25) is 9.59 Å². The molecule has 0 spiro atoms. The van der Waals surface area contributed by atoms with Gasteiger partial charge in [0, 0.05) is 25.1 Å². The van der Waals surface area contributed by atoms with Gasteiger partial charge in [-0.15, -0.1) is 0 Å². The Balaban J connectivity index is 1.98. The minimum atomic E-state index is -0.292. The van der Waals surface area contributed by atoms with E-state index < -0.39 is 0 Å². The molecule has 1 aromatic rings. The number of primary amides is 1. The van der Waals surface area contributed by atoms with Crippen molar-refractivity contribution in [3.63, 3.8) is 0 Å². The van der Waals surface area contributed by atoms with E-state index in [0.717, 1.165) is 12.8 Å². The molecular formula is C15H20N2O4. The molecule has 2 rings (SSSR count). The first-order valence-corrected chi connectivity index (χ1v) is 6.96. The summed E-state index contributed by atoms with van der Waals surface area (Å²) in [7, 11) is 1.46. The van der Waals surface area contributed by atoms with Crippen molar-refractivity contribution in [1.82, 2.24) is 4.90 Å². The number of amides is 2. The Bertz CT molecular complexity index is 536. The second-order valence-electron chi connectivity index (χ2n) is 5.29. The summed E-state index contributed by atoms with van der Waals surface area (Å²) in [6.45, 7) is 1.20. The molecule has 21 heavy (non-hydrogen) atoms. The predicted octanol–water partition coefficient (Wildman–Crippen LogP) is 1.13. The molecule has 1 heterocycles. The van der Waals surface area contributed by atoms with E-state index in [2.05, 4.69) is 0 Å². The van der Waals surface area contributed by atoms with Crippen LogP contribution in [-0.2, 0) is 4.79 Å². The van der Waals surface area contributed by atoms with Crippen LogP contribution in [0.2, 0.25) is 0 Å². The van der Waals surface area contributed by atoms with Crippen molar-refractivity contribution in [3.05, 3.63) is 23.8 Å². The fraction of sp³-hybridized carbons (Fsp3) is 0.467. The summed E-state index contributed by atoms with van der Waals surface area (Å²) in [6, 6.07) is 4.62. The van der Waals surface area contributed by atoms with Crippen molar-refractivity contribution in [3.8, 4) is 11.5 Å². The van der Waals surface area contributed by atoms with Crippen molar-refractivity contribution >= 4 is 11.8 Å². The van der Waals surface area contributed by atoms with E-state index in [4.69, 9.17) is 10.5 Å². The van der Waals surface area contributed by atoms with E-state index in [1.807, 2.05) is 0 Å². The quantitative estimate of drug-likeness (QED) is 0.870. The van der Waals surface area contributed by atoms with E-state index in [-0.39, 0.29) is 23.5 Å². The molecule has 0 radical (unpaired) electrons. The number of likely N-dealkylation sites (tertiary alicyclic amines) is 1. The third kappa shape index (κ3) is 3.65. The monoisotopic (exact) mass is 292 g/mol. The van der Waals surface area contributed by atoms with E-state index >= 15 is 0 Å². The van der Waals surface area contributed by atoms with Crippen LogP contribution in [0, 0.1) is 5.92 Å². The van der Waals surface area contributed by atoms with Crippen LogP contribution in [0.3, 0.4) is 0 Å². The van der Waals surface area contributed by atoms with Gasteiger partial charge >= 0.3 is 0 Å². The molecule has 0 saturated carbocycles. The first kappa shape index (κ1) is 15.2. The predicted molar refractivity (Wildman–Crippen MR) is 77.1 cm³/mol. The molecule has 1 fully saturated rings. The van der Waals surface area contributed by atoms with Gasteiger partial charge in [0.2, 0.25) is 5.91 Å². The standard InChI is InChI=1S/C15H20N2O4/c1-21-13-3-2-11(9-12(13)18)15(20)17-6-4-10(5-7-17)8-14(16)19/h2-3,9-10,18H,4-8H2,1H3,(H2,16,19). The smallest absolute Gasteiger partial charge is 0.253 e. The first-order chi connectivity index (χ1) is 10.0. The lowest BCUT2D eigenvalue weighted by Crippen LogP contribution is -2.39. The average Bonchev–Trinajstić information content (AvgIpc) is 2.46. The van der Waals surface area contributed by atoms with Crippen LogP contribution in [0.25, 0.3) is 0 Å². The van der Waals surface area contributed by atoms with Crippen molar-refractivity contribution < 1.29 is 19.4 Å². The number of rotatable bonds is 4. The fourth-order valence-corrected chi connectivity index (χ4v) is 2.63. The molecule has 0 aromatic heterocycles. The lowest BCUT2D eigenvalue weighted by molar-refractivity contribution is -0.119. The topological polar surface area (TPSA) is 92.9 Å². The summed E-state index contributed by atoms with van der Waals surface area (Å²) >= 11 is 0. The molecule has 6 heteroatoms. The second kappa shape index (κ2) is 6.47. The third-order valence-corrected chi connectivity index (χ3v) is 3.82. The summed E-state index contributed by atoms with van der Waals surface area (Å²) in [5.41, 5.74) is 5.63. The van der Waals surface area contributed by atoms with Gasteiger partial charge in [-0.25, -0.2) is 0 Å². The number of carbonyl (C=O) groups is 2. The van der Waals surface area contributed by atoms with Crippen molar-refractivity contribution in [2.24, 2.45) is 11.7 Å². The lowest BCUT2D eigenvalue weighted by atomic mass is 9.93. The Kier molecular flexibility index (Phi) is 4.67. The number of nitrogens with two attached hydrogens (primary N) is 1. The number of phenolic OH excluding ortho intramolecular Hbond substituents is 1. The number of methoxy groups -OCH3 is 1. The Labute approximate surface area is 123 Å². The van der Waals surface area contributed by atoms with Gasteiger partial charge in [-0.05, 0) is 37.0 Å². The number of phenols is 1. The van der Waals surface area contributed by atoms with Gasteiger partial charge in [0.05, 0.1) is 7.11 Å². The van der Waals surface area contributed by atoms with Crippen molar-refractivity contribution in [2.75, 3.05) is 20.2 Å². The van der Waals surface area contributed by atoms with Crippen LogP contribution < -0.4 is 10.5 Å². The molecule has 1 aliphatic heterocycles. The molecule has 0 bridgehead atoms. The second-order valence-corrected chi connectivity index (χ2v) is 5.29. The van der Waals surface area contributed by atoms with Crippen LogP contribution in [-0.4, -0.2) is 42.0 Å². The Hall–Kier alpha value is -2.24. The molecular weight excluding hydrogens is 272 g/mol. The zero-order valence-corrected chi connectivity index (χ0v) is 12.0. The maximum atomic E-state index is 12.4. The van der Waals surface area contributed by atoms with Crippen LogP contribution in [0.4, 0.5) is 0 Å².